The van der Waals surface area contributed by atoms with Gasteiger partial charge in [0.1, 0.15) is 5.75 Å². The highest BCUT2D eigenvalue weighted by Crippen LogP contribution is 2.24. The van der Waals surface area contributed by atoms with Crippen LogP contribution < -0.4 is 15.0 Å². The Kier molecular flexibility index (Phi) is 7.12. The van der Waals surface area contributed by atoms with Gasteiger partial charge in [0.2, 0.25) is 0 Å². The molecule has 2 heterocycles. The van der Waals surface area contributed by atoms with E-state index in [0.29, 0.717) is 11.4 Å². The number of carbonyl (C=O) groups excluding carboxylic acids is 1. The van der Waals surface area contributed by atoms with Crippen LogP contribution in [0.25, 0.3) is 11.3 Å². The van der Waals surface area contributed by atoms with Gasteiger partial charge in [-0.2, -0.15) is 0 Å². The van der Waals surface area contributed by atoms with E-state index < -0.39 is 0 Å². The Morgan fingerprint density at radius 1 is 0.912 bits per heavy atom. The number of nitrogens with one attached hydrogen (secondary N) is 1. The van der Waals surface area contributed by atoms with Crippen LogP contribution in [0.2, 0.25) is 0 Å². The lowest BCUT2D eigenvalue weighted by Gasteiger charge is -2.32. The molecule has 0 aliphatic carbocycles. The predicted octanol–water partition coefficient (Wildman–Crippen LogP) is 4.21. The van der Waals surface area contributed by atoms with Crippen molar-refractivity contribution in [3.63, 3.8) is 0 Å². The van der Waals surface area contributed by atoms with Crippen LogP contribution in [0.4, 0.5) is 11.5 Å². The highest BCUT2D eigenvalue weighted by Gasteiger charge is 2.16. The lowest BCUT2D eigenvalue weighted by atomic mass is 9.87. The van der Waals surface area contributed by atoms with Gasteiger partial charge in [0.25, 0.3) is 5.91 Å². The van der Waals surface area contributed by atoms with Crippen molar-refractivity contribution in [1.82, 2.24) is 15.1 Å². The van der Waals surface area contributed by atoms with Crippen molar-refractivity contribution in [2.45, 2.75) is 26.2 Å². The monoisotopic (exact) mass is 459 g/mol. The third kappa shape index (κ3) is 6.11. The van der Waals surface area contributed by atoms with Gasteiger partial charge < -0.3 is 19.9 Å². The van der Waals surface area contributed by atoms with E-state index in [1.807, 2.05) is 60.7 Å². The second kappa shape index (κ2) is 10.2. The smallest absolute Gasteiger partial charge is 0.262 e. The minimum absolute atomic E-state index is 0.0458. The summed E-state index contributed by atoms with van der Waals surface area (Å²) in [5.74, 6) is 1.38. The number of ether oxygens (including phenoxy) is 1. The maximum absolute atomic E-state index is 12.3. The van der Waals surface area contributed by atoms with E-state index in [1.165, 1.54) is 5.56 Å². The number of piperazine rings is 1. The van der Waals surface area contributed by atoms with Crippen LogP contribution in [0, 0.1) is 0 Å². The van der Waals surface area contributed by atoms with Crippen molar-refractivity contribution in [2.24, 2.45) is 0 Å². The molecule has 1 aliphatic rings. The van der Waals surface area contributed by atoms with Gasteiger partial charge in [-0.15, -0.1) is 10.2 Å². The second-order valence-corrected chi connectivity index (χ2v) is 9.76. The minimum Gasteiger partial charge on any atom is -0.484 e. The van der Waals surface area contributed by atoms with Gasteiger partial charge in [0.05, 0.1) is 5.69 Å². The van der Waals surface area contributed by atoms with E-state index in [1.54, 1.807) is 0 Å². The maximum Gasteiger partial charge on any atom is 0.262 e. The molecule has 0 atom stereocenters. The summed E-state index contributed by atoms with van der Waals surface area (Å²) in [5, 5.41) is 11.7. The molecule has 0 saturated carbocycles. The molecule has 0 radical (unpaired) electrons. The molecule has 0 bridgehead atoms. The van der Waals surface area contributed by atoms with Gasteiger partial charge in [0, 0.05) is 37.4 Å². The highest BCUT2D eigenvalue weighted by molar-refractivity contribution is 5.92. The van der Waals surface area contributed by atoms with Crippen LogP contribution >= 0.6 is 0 Å². The first-order valence-electron chi connectivity index (χ1n) is 11.7. The average Bonchev–Trinajstić information content (AvgIpc) is 2.84. The molecule has 178 valence electrons. The zero-order valence-corrected chi connectivity index (χ0v) is 20.4. The first-order valence-corrected chi connectivity index (χ1v) is 11.7. The predicted molar refractivity (Wildman–Crippen MR) is 136 cm³/mol. The van der Waals surface area contributed by atoms with Gasteiger partial charge >= 0.3 is 0 Å². The van der Waals surface area contributed by atoms with Crippen molar-refractivity contribution in [2.75, 3.05) is 50.1 Å². The standard InChI is InChI=1S/C27H33N5O2/c1-27(2,3)21-7-11-23(12-8-21)34-19-26(33)28-22-9-5-20(6-10-22)24-13-14-25(30-29-24)32-17-15-31(4)16-18-32/h5-14H,15-19H2,1-4H3,(H,28,33). The lowest BCUT2D eigenvalue weighted by molar-refractivity contribution is -0.118. The third-order valence-corrected chi connectivity index (χ3v) is 6.03. The van der Waals surface area contributed by atoms with Crippen molar-refractivity contribution < 1.29 is 9.53 Å². The summed E-state index contributed by atoms with van der Waals surface area (Å²) in [6.45, 7) is 10.4. The Hall–Kier alpha value is -3.45. The number of aromatic nitrogens is 2. The fourth-order valence-electron chi connectivity index (χ4n) is 3.80. The quantitative estimate of drug-likeness (QED) is 0.596. The van der Waals surface area contributed by atoms with E-state index in [4.69, 9.17) is 4.74 Å². The van der Waals surface area contributed by atoms with Gasteiger partial charge in [0.15, 0.2) is 12.4 Å². The summed E-state index contributed by atoms with van der Waals surface area (Å²) in [4.78, 5) is 16.9. The average molecular weight is 460 g/mol. The largest absolute Gasteiger partial charge is 0.484 e. The summed E-state index contributed by atoms with van der Waals surface area (Å²) in [6, 6.07) is 19.5. The van der Waals surface area contributed by atoms with Crippen LogP contribution in [-0.4, -0.2) is 60.8 Å². The maximum atomic E-state index is 12.3. The molecule has 1 fully saturated rings. The normalized spacial score (nSPS) is 14.6. The molecule has 7 heteroatoms. The topological polar surface area (TPSA) is 70.6 Å². The fraction of sp³-hybridized carbons (Fsp3) is 0.370. The van der Waals surface area contributed by atoms with Crippen molar-refractivity contribution in [1.29, 1.82) is 0 Å². The number of likely N-dealkylation sites (N-methyl/N-ethyl adjacent to an activating group) is 1. The number of rotatable bonds is 6. The molecule has 1 amide bonds. The van der Waals surface area contributed by atoms with Gasteiger partial charge in [-0.1, -0.05) is 45.0 Å². The first-order chi connectivity index (χ1) is 16.3. The zero-order valence-electron chi connectivity index (χ0n) is 20.4. The molecule has 2 aromatic carbocycles. The summed E-state index contributed by atoms with van der Waals surface area (Å²) >= 11 is 0. The number of hydrogen-bond acceptors (Lipinski definition) is 6. The third-order valence-electron chi connectivity index (χ3n) is 6.03. The Labute approximate surface area is 201 Å². The number of amides is 1. The molecule has 4 rings (SSSR count). The van der Waals surface area contributed by atoms with E-state index in [9.17, 15) is 4.79 Å². The van der Waals surface area contributed by atoms with Crippen molar-refractivity contribution >= 4 is 17.4 Å². The Bertz CT molecular complexity index is 1080. The Balaban J connectivity index is 1.29. The summed E-state index contributed by atoms with van der Waals surface area (Å²) < 4.78 is 5.63. The van der Waals surface area contributed by atoms with E-state index in [0.717, 1.165) is 43.3 Å². The van der Waals surface area contributed by atoms with Crippen molar-refractivity contribution in [3.05, 3.63) is 66.2 Å². The fourth-order valence-corrected chi connectivity index (χ4v) is 3.80. The molecular formula is C27H33N5O2. The van der Waals surface area contributed by atoms with E-state index in [2.05, 4.69) is 53.1 Å². The zero-order chi connectivity index (χ0) is 24.1. The first kappa shape index (κ1) is 23.7. The molecular weight excluding hydrogens is 426 g/mol. The minimum atomic E-state index is -0.205. The van der Waals surface area contributed by atoms with Gasteiger partial charge in [-0.3, -0.25) is 4.79 Å². The number of nitrogens with zero attached hydrogens (tertiary/aromatic N) is 4. The Morgan fingerprint density at radius 2 is 1.59 bits per heavy atom. The molecule has 3 aromatic rings. The van der Waals surface area contributed by atoms with Gasteiger partial charge in [-0.05, 0) is 54.4 Å². The van der Waals surface area contributed by atoms with E-state index in [-0.39, 0.29) is 17.9 Å². The summed E-state index contributed by atoms with van der Waals surface area (Å²) in [7, 11) is 2.14. The molecule has 34 heavy (non-hydrogen) atoms. The van der Waals surface area contributed by atoms with Crippen LogP contribution in [-0.2, 0) is 10.2 Å². The molecule has 7 nitrogen and oxygen atoms in total. The number of anilines is 2. The molecule has 1 saturated heterocycles. The number of benzene rings is 2. The van der Waals surface area contributed by atoms with Gasteiger partial charge in [-0.25, -0.2) is 0 Å². The highest BCUT2D eigenvalue weighted by atomic mass is 16.5. The molecule has 0 spiro atoms. The van der Waals surface area contributed by atoms with Crippen LogP contribution in [0.3, 0.4) is 0 Å². The van der Waals surface area contributed by atoms with Crippen LogP contribution in [0.5, 0.6) is 5.75 Å². The second-order valence-electron chi connectivity index (χ2n) is 9.76. The van der Waals surface area contributed by atoms with E-state index >= 15 is 0 Å². The van der Waals surface area contributed by atoms with Crippen LogP contribution in [0.15, 0.2) is 60.7 Å². The molecule has 1 aliphatic heterocycles. The molecule has 1 aromatic heterocycles. The SMILES string of the molecule is CN1CCN(c2ccc(-c3ccc(NC(=O)COc4ccc(C(C)(C)C)cc4)cc3)nn2)CC1. The molecule has 0 unspecified atom stereocenters. The number of hydrogen-bond donors (Lipinski definition) is 1. The molecule has 1 N–H and O–H groups in total. The summed E-state index contributed by atoms with van der Waals surface area (Å²) in [6.07, 6.45) is 0. The van der Waals surface area contributed by atoms with Crippen molar-refractivity contribution in [3.8, 4) is 17.0 Å². The lowest BCUT2D eigenvalue weighted by Crippen LogP contribution is -2.44. The van der Waals surface area contributed by atoms with Crippen LogP contribution in [0.1, 0.15) is 26.3 Å². The Morgan fingerprint density at radius 3 is 2.18 bits per heavy atom. The summed E-state index contributed by atoms with van der Waals surface area (Å²) in [5.41, 5.74) is 3.77. The number of carbonyl (C=O) groups is 1.